The van der Waals surface area contributed by atoms with Crippen LogP contribution in [0.15, 0.2) is 0 Å². The molecule has 0 aliphatic rings. The fraction of sp³-hybridized carbons (Fsp3) is 1.00. The maximum absolute atomic E-state index is 6.63. The summed E-state index contributed by atoms with van der Waals surface area (Å²) in [5.74, 6) is 0.958. The van der Waals surface area contributed by atoms with Crippen molar-refractivity contribution in [3.63, 3.8) is 0 Å². The third-order valence-electron chi connectivity index (χ3n) is 6.52. The number of nitrogens with zero attached hydrogens (tertiary/aromatic N) is 1. The van der Waals surface area contributed by atoms with Gasteiger partial charge >= 0.3 is 0 Å². The van der Waals surface area contributed by atoms with E-state index in [0.29, 0.717) is 0 Å². The zero-order valence-corrected chi connectivity index (χ0v) is 24.0. The lowest BCUT2D eigenvalue weighted by molar-refractivity contribution is 0.0904. The Morgan fingerprint density at radius 1 is 0.750 bits per heavy atom. The Bertz CT molecular complexity index is 409. The molecule has 0 rings (SSSR count). The third-order valence-corrected chi connectivity index (χ3v) is 16.0. The maximum Gasteiger partial charge on any atom is 0.192 e. The van der Waals surface area contributed by atoms with Crippen molar-refractivity contribution in [3.8, 4) is 0 Å². The van der Waals surface area contributed by atoms with E-state index < -0.39 is 16.6 Å². The van der Waals surface area contributed by atoms with Gasteiger partial charge < -0.3 is 8.85 Å². The zero-order chi connectivity index (χ0) is 22.4. The molecular formula is C22H51NO2SSi2. The van der Waals surface area contributed by atoms with E-state index in [1.54, 1.807) is 0 Å². The fourth-order valence-corrected chi connectivity index (χ4v) is 5.96. The zero-order valence-electron chi connectivity index (χ0n) is 21.1. The molecule has 0 spiro atoms. The van der Waals surface area contributed by atoms with E-state index in [-0.39, 0.29) is 22.3 Å². The van der Waals surface area contributed by atoms with Crippen LogP contribution in [0.4, 0.5) is 0 Å². The number of hydrogen-bond acceptors (Lipinski definition) is 4. The molecule has 0 bridgehead atoms. The maximum atomic E-state index is 6.63. The average molecular weight is 450 g/mol. The molecule has 0 saturated carbocycles. The van der Waals surface area contributed by atoms with Crippen LogP contribution in [-0.4, -0.2) is 59.1 Å². The third kappa shape index (κ3) is 10.1. The highest BCUT2D eigenvalue weighted by molar-refractivity contribution is 7.80. The van der Waals surface area contributed by atoms with Gasteiger partial charge in [-0.15, -0.1) is 0 Å². The monoisotopic (exact) mass is 449 g/mol. The van der Waals surface area contributed by atoms with E-state index in [1.807, 2.05) is 0 Å². The van der Waals surface area contributed by atoms with E-state index in [0.717, 1.165) is 31.8 Å². The first-order valence-electron chi connectivity index (χ1n) is 11.1. The lowest BCUT2D eigenvalue weighted by atomic mass is 10.2. The van der Waals surface area contributed by atoms with E-state index in [1.165, 1.54) is 6.42 Å². The summed E-state index contributed by atoms with van der Waals surface area (Å²) >= 11 is 4.38. The Labute approximate surface area is 185 Å². The molecule has 0 aliphatic heterocycles. The van der Waals surface area contributed by atoms with Crippen LogP contribution in [0.2, 0.25) is 36.3 Å². The lowest BCUT2D eigenvalue weighted by Crippen LogP contribution is -2.49. The Balaban J connectivity index is 4.99. The summed E-state index contributed by atoms with van der Waals surface area (Å²) in [6.07, 6.45) is 2.84. The number of hydrogen-bond donors (Lipinski definition) is 1. The van der Waals surface area contributed by atoms with Gasteiger partial charge in [-0.2, -0.15) is 12.6 Å². The largest absolute Gasteiger partial charge is 0.413 e. The molecule has 2 atom stereocenters. The summed E-state index contributed by atoms with van der Waals surface area (Å²) in [5, 5.41) is 0.494. The van der Waals surface area contributed by atoms with Crippen molar-refractivity contribution in [1.29, 1.82) is 0 Å². The topological polar surface area (TPSA) is 21.7 Å². The number of rotatable bonds is 12. The smallest absolute Gasteiger partial charge is 0.192 e. The van der Waals surface area contributed by atoms with Crippen molar-refractivity contribution in [3.05, 3.63) is 0 Å². The van der Waals surface area contributed by atoms with Gasteiger partial charge in [0.05, 0.1) is 12.2 Å². The molecule has 0 radical (unpaired) electrons. The van der Waals surface area contributed by atoms with Gasteiger partial charge in [0.25, 0.3) is 0 Å². The Morgan fingerprint density at radius 3 is 1.39 bits per heavy atom. The molecule has 0 heterocycles. The lowest BCUT2D eigenvalue weighted by Gasteiger charge is -2.41. The highest BCUT2D eigenvalue weighted by atomic mass is 32.1. The van der Waals surface area contributed by atoms with Crippen molar-refractivity contribution >= 4 is 29.3 Å². The SMILES string of the molecule is CC(CN(CCCCS)CC(C)O[Si](C)(C)C(C)(C)C)O[Si](C)(C)C(C)(C)C. The van der Waals surface area contributed by atoms with E-state index in [2.05, 4.69) is 99.1 Å². The van der Waals surface area contributed by atoms with Crippen LogP contribution in [0.25, 0.3) is 0 Å². The molecule has 0 aromatic heterocycles. The molecule has 0 aliphatic carbocycles. The molecule has 0 fully saturated rings. The van der Waals surface area contributed by atoms with Crippen LogP contribution in [-0.2, 0) is 8.85 Å². The Morgan fingerprint density at radius 2 is 1.11 bits per heavy atom. The highest BCUT2D eigenvalue weighted by Crippen LogP contribution is 2.38. The van der Waals surface area contributed by atoms with Crippen LogP contribution >= 0.6 is 12.6 Å². The quantitative estimate of drug-likeness (QED) is 0.201. The second-order valence-electron chi connectivity index (χ2n) is 11.6. The Hall–Kier alpha value is 0.664. The summed E-state index contributed by atoms with van der Waals surface area (Å²) in [6.45, 7) is 30.8. The molecular weight excluding hydrogens is 398 g/mol. The van der Waals surface area contributed by atoms with Gasteiger partial charge in [-0.3, -0.25) is 4.90 Å². The minimum absolute atomic E-state index is 0.247. The van der Waals surface area contributed by atoms with Crippen molar-refractivity contribution < 1.29 is 8.85 Å². The summed E-state index contributed by atoms with van der Waals surface area (Å²) in [5.41, 5.74) is 0. The van der Waals surface area contributed by atoms with Crippen LogP contribution in [0.5, 0.6) is 0 Å². The van der Waals surface area contributed by atoms with Crippen LogP contribution < -0.4 is 0 Å². The average Bonchev–Trinajstić information content (AvgIpc) is 2.43. The molecule has 2 unspecified atom stereocenters. The predicted molar refractivity (Wildman–Crippen MR) is 135 cm³/mol. The van der Waals surface area contributed by atoms with E-state index in [4.69, 9.17) is 8.85 Å². The molecule has 0 aromatic rings. The second-order valence-corrected chi connectivity index (χ2v) is 21.5. The van der Waals surface area contributed by atoms with E-state index in [9.17, 15) is 0 Å². The van der Waals surface area contributed by atoms with Gasteiger partial charge in [-0.05, 0) is 75.3 Å². The van der Waals surface area contributed by atoms with Crippen molar-refractivity contribution in [2.75, 3.05) is 25.4 Å². The van der Waals surface area contributed by atoms with Crippen LogP contribution in [0.3, 0.4) is 0 Å². The number of unbranched alkanes of at least 4 members (excludes halogenated alkanes) is 1. The van der Waals surface area contributed by atoms with Crippen molar-refractivity contribution in [2.45, 2.75) is 117 Å². The molecule has 28 heavy (non-hydrogen) atoms. The summed E-state index contributed by atoms with van der Waals surface area (Å²) < 4.78 is 13.3. The second kappa shape index (κ2) is 11.3. The standard InChI is InChI=1S/C22H51NO2SSi2/c1-19(24-27(9,10)21(3,4)5)17-23(15-13-14-16-26)18-20(2)25-28(11,12)22(6,7)8/h19-20,26H,13-18H2,1-12H3. The first-order chi connectivity index (χ1) is 12.4. The molecule has 0 N–H and O–H groups in total. The highest BCUT2D eigenvalue weighted by Gasteiger charge is 2.40. The molecule has 0 saturated heterocycles. The van der Waals surface area contributed by atoms with Gasteiger partial charge in [0.2, 0.25) is 0 Å². The number of thiol groups is 1. The predicted octanol–water partition coefficient (Wildman–Crippen LogP) is 6.82. The first kappa shape index (κ1) is 28.7. The summed E-state index contributed by atoms with van der Waals surface area (Å²) in [6, 6.07) is 0. The molecule has 3 nitrogen and oxygen atoms in total. The summed E-state index contributed by atoms with van der Waals surface area (Å²) in [7, 11) is -3.48. The van der Waals surface area contributed by atoms with Gasteiger partial charge in [-0.1, -0.05) is 41.5 Å². The van der Waals surface area contributed by atoms with Gasteiger partial charge in [-0.25, -0.2) is 0 Å². The van der Waals surface area contributed by atoms with Crippen LogP contribution in [0.1, 0.15) is 68.2 Å². The van der Waals surface area contributed by atoms with Crippen molar-refractivity contribution in [1.82, 2.24) is 4.90 Å². The molecule has 6 heteroatoms. The van der Waals surface area contributed by atoms with Crippen LogP contribution in [0, 0.1) is 0 Å². The Kier molecular flexibility index (Phi) is 11.6. The van der Waals surface area contributed by atoms with Crippen molar-refractivity contribution in [2.24, 2.45) is 0 Å². The van der Waals surface area contributed by atoms with Gasteiger partial charge in [0, 0.05) is 13.1 Å². The molecule has 0 amide bonds. The van der Waals surface area contributed by atoms with E-state index >= 15 is 0 Å². The summed E-state index contributed by atoms with van der Waals surface area (Å²) in [4.78, 5) is 2.55. The minimum atomic E-state index is -1.74. The fourth-order valence-electron chi connectivity index (χ4n) is 2.87. The van der Waals surface area contributed by atoms with Gasteiger partial charge in [0.15, 0.2) is 16.6 Å². The minimum Gasteiger partial charge on any atom is -0.413 e. The molecule has 0 aromatic carbocycles. The first-order valence-corrected chi connectivity index (χ1v) is 17.6. The normalized spacial score (nSPS) is 16.5. The molecule has 170 valence electrons. The van der Waals surface area contributed by atoms with Gasteiger partial charge in [0.1, 0.15) is 0 Å².